The normalized spacial score (nSPS) is 10.1. The Hall–Kier alpha value is -1.37. The van der Waals surface area contributed by atoms with Gasteiger partial charge in [0.05, 0.1) is 11.9 Å². The van der Waals surface area contributed by atoms with Crippen molar-refractivity contribution < 1.29 is 4.79 Å². The highest BCUT2D eigenvalue weighted by Crippen LogP contribution is 2.15. The van der Waals surface area contributed by atoms with Crippen LogP contribution >= 0.6 is 15.9 Å². The Kier molecular flexibility index (Phi) is 4.48. The van der Waals surface area contributed by atoms with E-state index in [2.05, 4.69) is 26.3 Å². The third kappa shape index (κ3) is 3.06. The molecule has 0 unspecified atom stereocenters. The molecule has 1 aromatic rings. The molecule has 88 valence electrons. The molecule has 0 bridgehead atoms. The fourth-order valence-corrected chi connectivity index (χ4v) is 1.58. The van der Waals surface area contributed by atoms with Gasteiger partial charge in [0.25, 0.3) is 5.56 Å². The molecule has 0 aliphatic carbocycles. The lowest BCUT2D eigenvalue weighted by molar-refractivity contribution is -0.117. The van der Waals surface area contributed by atoms with E-state index in [9.17, 15) is 9.59 Å². The number of rotatable bonds is 5. The van der Waals surface area contributed by atoms with E-state index in [0.29, 0.717) is 23.2 Å². The molecular weight excluding hydrogens is 276 g/mol. The first-order chi connectivity index (χ1) is 7.56. The molecule has 7 heteroatoms. The molecule has 1 amide bonds. The van der Waals surface area contributed by atoms with E-state index in [-0.39, 0.29) is 12.0 Å². The molecule has 0 fully saturated rings. The standard InChI is InChI=1S/C9H13BrN4O2/c1-2-14-9(16)8(10)6(5-13-14)12-4-3-7(11)15/h5,12H,2-4H2,1H3,(H2,11,15). The Morgan fingerprint density at radius 1 is 1.69 bits per heavy atom. The number of amides is 1. The van der Waals surface area contributed by atoms with Crippen LogP contribution in [0.4, 0.5) is 5.69 Å². The van der Waals surface area contributed by atoms with Gasteiger partial charge >= 0.3 is 0 Å². The average molecular weight is 289 g/mol. The van der Waals surface area contributed by atoms with Gasteiger partial charge in [-0.15, -0.1) is 0 Å². The number of hydrogen-bond acceptors (Lipinski definition) is 4. The number of halogens is 1. The SMILES string of the molecule is CCn1ncc(NCCC(N)=O)c(Br)c1=O. The zero-order chi connectivity index (χ0) is 12.1. The summed E-state index contributed by atoms with van der Waals surface area (Å²) in [6.45, 7) is 2.73. The van der Waals surface area contributed by atoms with Crippen molar-refractivity contribution in [3.8, 4) is 0 Å². The fourth-order valence-electron chi connectivity index (χ4n) is 1.13. The molecule has 0 aliphatic rings. The first-order valence-corrected chi connectivity index (χ1v) is 5.63. The lowest BCUT2D eigenvalue weighted by Crippen LogP contribution is -2.24. The first kappa shape index (κ1) is 12.7. The van der Waals surface area contributed by atoms with E-state index in [1.54, 1.807) is 0 Å². The Bertz CT molecular complexity index is 444. The lowest BCUT2D eigenvalue weighted by atomic mass is 10.4. The molecule has 0 aliphatic heterocycles. The van der Waals surface area contributed by atoms with Gasteiger partial charge in [0.1, 0.15) is 4.47 Å². The molecule has 0 aromatic carbocycles. The van der Waals surface area contributed by atoms with E-state index in [4.69, 9.17) is 5.73 Å². The highest BCUT2D eigenvalue weighted by atomic mass is 79.9. The van der Waals surface area contributed by atoms with E-state index in [0.717, 1.165) is 0 Å². The molecule has 0 saturated heterocycles. The Labute approximate surface area is 101 Å². The second-order valence-electron chi connectivity index (χ2n) is 3.14. The molecule has 0 atom stereocenters. The second-order valence-corrected chi connectivity index (χ2v) is 3.93. The van der Waals surface area contributed by atoms with Crippen LogP contribution in [-0.4, -0.2) is 22.2 Å². The molecule has 16 heavy (non-hydrogen) atoms. The summed E-state index contributed by atoms with van der Waals surface area (Å²) in [6, 6.07) is 0. The van der Waals surface area contributed by atoms with Crippen LogP contribution in [0.5, 0.6) is 0 Å². The molecule has 1 aromatic heterocycles. The smallest absolute Gasteiger partial charge is 0.283 e. The van der Waals surface area contributed by atoms with Crippen molar-refractivity contribution in [2.75, 3.05) is 11.9 Å². The van der Waals surface area contributed by atoms with Crippen LogP contribution in [0.3, 0.4) is 0 Å². The van der Waals surface area contributed by atoms with Gasteiger partial charge < -0.3 is 11.1 Å². The topological polar surface area (TPSA) is 90.0 Å². The summed E-state index contributed by atoms with van der Waals surface area (Å²) in [5.74, 6) is -0.390. The number of nitrogens with two attached hydrogens (primary N) is 1. The van der Waals surface area contributed by atoms with Crippen molar-refractivity contribution in [3.63, 3.8) is 0 Å². The van der Waals surface area contributed by atoms with Gasteiger partial charge in [0.15, 0.2) is 0 Å². The summed E-state index contributed by atoms with van der Waals surface area (Å²) in [5.41, 5.74) is 5.36. The maximum absolute atomic E-state index is 11.6. The van der Waals surface area contributed by atoms with Crippen LogP contribution in [0.2, 0.25) is 0 Å². The van der Waals surface area contributed by atoms with Gasteiger partial charge in [-0.1, -0.05) is 0 Å². The number of aromatic nitrogens is 2. The van der Waals surface area contributed by atoms with E-state index in [1.165, 1.54) is 10.9 Å². The van der Waals surface area contributed by atoms with Crippen LogP contribution in [0.15, 0.2) is 15.5 Å². The predicted molar refractivity (Wildman–Crippen MR) is 64.2 cm³/mol. The zero-order valence-corrected chi connectivity index (χ0v) is 10.5. The Morgan fingerprint density at radius 2 is 2.38 bits per heavy atom. The summed E-state index contributed by atoms with van der Waals surface area (Å²) in [7, 11) is 0. The zero-order valence-electron chi connectivity index (χ0n) is 8.86. The van der Waals surface area contributed by atoms with Crippen molar-refractivity contribution in [1.29, 1.82) is 0 Å². The number of carbonyl (C=O) groups excluding carboxylic acids is 1. The third-order valence-corrected chi connectivity index (χ3v) is 2.74. The third-order valence-electron chi connectivity index (χ3n) is 1.97. The van der Waals surface area contributed by atoms with Crippen molar-refractivity contribution in [3.05, 3.63) is 21.0 Å². The van der Waals surface area contributed by atoms with Gasteiger partial charge in [-0.3, -0.25) is 9.59 Å². The van der Waals surface area contributed by atoms with Crippen LogP contribution in [0.1, 0.15) is 13.3 Å². The fraction of sp³-hybridized carbons (Fsp3) is 0.444. The van der Waals surface area contributed by atoms with Crippen LogP contribution in [0.25, 0.3) is 0 Å². The van der Waals surface area contributed by atoms with Crippen molar-refractivity contribution in [2.24, 2.45) is 5.73 Å². The highest BCUT2D eigenvalue weighted by Gasteiger charge is 2.07. The quantitative estimate of drug-likeness (QED) is 0.816. The van der Waals surface area contributed by atoms with Crippen molar-refractivity contribution in [2.45, 2.75) is 19.9 Å². The molecule has 1 heterocycles. The van der Waals surface area contributed by atoms with Crippen LogP contribution in [0, 0.1) is 0 Å². The molecular formula is C9H13BrN4O2. The van der Waals surface area contributed by atoms with Gasteiger partial charge in [-0.2, -0.15) is 5.10 Å². The molecule has 3 N–H and O–H groups in total. The molecule has 0 spiro atoms. The van der Waals surface area contributed by atoms with Crippen LogP contribution < -0.4 is 16.6 Å². The minimum absolute atomic E-state index is 0.202. The number of nitrogens with one attached hydrogen (secondary N) is 1. The van der Waals surface area contributed by atoms with Gasteiger partial charge in [-0.25, -0.2) is 4.68 Å². The van der Waals surface area contributed by atoms with E-state index in [1.807, 2.05) is 6.92 Å². The minimum Gasteiger partial charge on any atom is -0.382 e. The van der Waals surface area contributed by atoms with E-state index < -0.39 is 5.91 Å². The summed E-state index contributed by atoms with van der Waals surface area (Å²) in [6.07, 6.45) is 1.75. The molecule has 0 saturated carbocycles. The average Bonchev–Trinajstić information content (AvgIpc) is 2.24. The summed E-state index contributed by atoms with van der Waals surface area (Å²) in [4.78, 5) is 22.2. The largest absolute Gasteiger partial charge is 0.382 e. The maximum Gasteiger partial charge on any atom is 0.283 e. The predicted octanol–water partition coefficient (Wildman–Crippen LogP) is 0.313. The Balaban J connectivity index is 2.79. The van der Waals surface area contributed by atoms with Gasteiger partial charge in [-0.05, 0) is 22.9 Å². The highest BCUT2D eigenvalue weighted by molar-refractivity contribution is 9.10. The summed E-state index contributed by atoms with van der Waals surface area (Å²) < 4.78 is 1.75. The van der Waals surface area contributed by atoms with Gasteiger partial charge in [0.2, 0.25) is 5.91 Å². The number of nitrogens with zero attached hydrogens (tertiary/aromatic N) is 2. The van der Waals surface area contributed by atoms with Gasteiger partial charge in [0, 0.05) is 19.5 Å². The Morgan fingerprint density at radius 3 is 2.94 bits per heavy atom. The molecule has 1 rings (SSSR count). The number of primary amides is 1. The number of hydrogen-bond donors (Lipinski definition) is 2. The minimum atomic E-state index is -0.390. The molecule has 6 nitrogen and oxygen atoms in total. The maximum atomic E-state index is 11.6. The second kappa shape index (κ2) is 5.64. The first-order valence-electron chi connectivity index (χ1n) is 4.84. The van der Waals surface area contributed by atoms with Crippen molar-refractivity contribution in [1.82, 2.24) is 9.78 Å². The van der Waals surface area contributed by atoms with Crippen molar-refractivity contribution >= 4 is 27.5 Å². The number of aryl methyl sites for hydroxylation is 1. The monoisotopic (exact) mass is 288 g/mol. The van der Waals surface area contributed by atoms with Crippen LogP contribution in [-0.2, 0) is 11.3 Å². The number of carbonyl (C=O) groups is 1. The lowest BCUT2D eigenvalue weighted by Gasteiger charge is -2.08. The summed E-state index contributed by atoms with van der Waals surface area (Å²) >= 11 is 3.19. The number of anilines is 1. The van der Waals surface area contributed by atoms with E-state index >= 15 is 0 Å². The molecule has 0 radical (unpaired) electrons. The summed E-state index contributed by atoms with van der Waals surface area (Å²) in [5, 5.41) is 6.86.